The summed E-state index contributed by atoms with van der Waals surface area (Å²) in [6.07, 6.45) is 0.201. The van der Waals surface area contributed by atoms with Gasteiger partial charge >= 0.3 is 5.97 Å². The summed E-state index contributed by atoms with van der Waals surface area (Å²) in [6.45, 7) is 0.807. The molecule has 1 aliphatic heterocycles. The molecule has 0 saturated carbocycles. The van der Waals surface area contributed by atoms with Crippen LogP contribution in [0.5, 0.6) is 5.75 Å². The topological polar surface area (TPSA) is 78.9 Å². The zero-order valence-electron chi connectivity index (χ0n) is 11.0. The van der Waals surface area contributed by atoms with E-state index in [0.29, 0.717) is 19.6 Å². The number of hydrogen-bond acceptors (Lipinski definition) is 6. The number of carbonyl (C=O) groups is 1. The van der Waals surface area contributed by atoms with E-state index in [1.54, 1.807) is 0 Å². The van der Waals surface area contributed by atoms with Crippen LogP contribution in [-0.2, 0) is 18.5 Å². The summed E-state index contributed by atoms with van der Waals surface area (Å²) in [6, 6.07) is 2.38. The average Bonchev–Trinajstić information content (AvgIpc) is 2.89. The SMILES string of the molecule is COc1c(C(=O)OC2CCOC2)cc(Cl)cc1S(=O)(=O)Cl. The molecule has 0 N–H and O–H groups in total. The Morgan fingerprint density at radius 1 is 1.43 bits per heavy atom. The van der Waals surface area contributed by atoms with Crippen molar-refractivity contribution in [3.05, 3.63) is 22.7 Å². The first kappa shape index (κ1) is 16.4. The number of esters is 1. The summed E-state index contributed by atoms with van der Waals surface area (Å²) < 4.78 is 38.4. The van der Waals surface area contributed by atoms with Crippen molar-refractivity contribution >= 4 is 37.3 Å². The van der Waals surface area contributed by atoms with Crippen LogP contribution in [0.15, 0.2) is 17.0 Å². The molecule has 6 nitrogen and oxygen atoms in total. The molecule has 2 rings (SSSR count). The Bertz CT molecular complexity index is 652. The number of ether oxygens (including phenoxy) is 3. The van der Waals surface area contributed by atoms with Gasteiger partial charge in [0.2, 0.25) is 0 Å². The van der Waals surface area contributed by atoms with Crippen molar-refractivity contribution in [1.29, 1.82) is 0 Å². The van der Waals surface area contributed by atoms with Gasteiger partial charge in [-0.3, -0.25) is 0 Å². The minimum absolute atomic E-state index is 0.0321. The van der Waals surface area contributed by atoms with Crippen LogP contribution < -0.4 is 4.74 Å². The molecule has 0 radical (unpaired) electrons. The highest BCUT2D eigenvalue weighted by Gasteiger charge is 2.28. The van der Waals surface area contributed by atoms with Gasteiger partial charge in [0.15, 0.2) is 5.75 Å². The molecule has 1 saturated heterocycles. The summed E-state index contributed by atoms with van der Waals surface area (Å²) in [4.78, 5) is 11.8. The van der Waals surface area contributed by atoms with E-state index in [1.807, 2.05) is 0 Å². The maximum atomic E-state index is 12.2. The van der Waals surface area contributed by atoms with Crippen molar-refractivity contribution < 1.29 is 27.4 Å². The molecule has 1 unspecified atom stereocenters. The van der Waals surface area contributed by atoms with Gasteiger partial charge < -0.3 is 14.2 Å². The summed E-state index contributed by atoms with van der Waals surface area (Å²) in [5.41, 5.74) is -0.101. The molecular weight excluding hydrogens is 343 g/mol. The molecule has 1 atom stereocenters. The third kappa shape index (κ3) is 3.79. The maximum Gasteiger partial charge on any atom is 0.342 e. The van der Waals surface area contributed by atoms with Crippen LogP contribution in [0, 0.1) is 0 Å². The zero-order valence-corrected chi connectivity index (χ0v) is 13.3. The lowest BCUT2D eigenvalue weighted by Gasteiger charge is -2.14. The predicted octanol–water partition coefficient (Wildman–Crippen LogP) is 2.22. The molecular formula is C12H12Cl2O6S. The molecule has 0 aliphatic carbocycles. The average molecular weight is 355 g/mol. The lowest BCUT2D eigenvalue weighted by molar-refractivity contribution is 0.0267. The van der Waals surface area contributed by atoms with E-state index in [1.165, 1.54) is 13.2 Å². The van der Waals surface area contributed by atoms with Crippen LogP contribution in [0.2, 0.25) is 5.02 Å². The number of rotatable bonds is 4. The standard InChI is InChI=1S/C12H12Cl2O6S/c1-18-11-9(12(15)20-8-2-3-19-6-8)4-7(13)5-10(11)21(14,16)17/h4-5,8H,2-3,6H2,1H3. The van der Waals surface area contributed by atoms with Crippen LogP contribution in [0.1, 0.15) is 16.8 Å². The molecule has 1 heterocycles. The highest BCUT2D eigenvalue weighted by atomic mass is 35.7. The maximum absolute atomic E-state index is 12.2. The predicted molar refractivity (Wildman–Crippen MR) is 75.7 cm³/mol. The van der Waals surface area contributed by atoms with Gasteiger partial charge in [0.1, 0.15) is 16.6 Å². The fourth-order valence-electron chi connectivity index (χ4n) is 1.93. The Hall–Kier alpha value is -1.02. The van der Waals surface area contributed by atoms with Gasteiger partial charge in [0.05, 0.1) is 20.3 Å². The lowest BCUT2D eigenvalue weighted by atomic mass is 10.2. The Labute approximate surface area is 131 Å². The first-order chi connectivity index (χ1) is 9.82. The molecule has 1 aliphatic rings. The van der Waals surface area contributed by atoms with E-state index in [2.05, 4.69) is 0 Å². The fourth-order valence-corrected chi connectivity index (χ4v) is 3.24. The van der Waals surface area contributed by atoms with Gasteiger partial charge in [-0.25, -0.2) is 13.2 Å². The number of halogens is 2. The van der Waals surface area contributed by atoms with Gasteiger partial charge in [-0.05, 0) is 12.1 Å². The first-order valence-electron chi connectivity index (χ1n) is 5.94. The molecule has 0 bridgehead atoms. The van der Waals surface area contributed by atoms with Crippen LogP contribution in [0.4, 0.5) is 0 Å². The molecule has 9 heteroatoms. The van der Waals surface area contributed by atoms with Gasteiger partial charge in [0, 0.05) is 22.1 Å². The normalized spacial score (nSPS) is 18.5. The van der Waals surface area contributed by atoms with Crippen molar-refractivity contribution in [2.75, 3.05) is 20.3 Å². The number of benzene rings is 1. The molecule has 0 amide bonds. The highest BCUT2D eigenvalue weighted by Crippen LogP contribution is 2.34. The van der Waals surface area contributed by atoms with E-state index in [9.17, 15) is 13.2 Å². The zero-order chi connectivity index (χ0) is 15.6. The van der Waals surface area contributed by atoms with Gasteiger partial charge in [0.25, 0.3) is 9.05 Å². The number of carbonyl (C=O) groups excluding carboxylic acids is 1. The Kier molecular flexibility index (Phi) is 4.98. The quantitative estimate of drug-likeness (QED) is 0.609. The van der Waals surface area contributed by atoms with Crippen LogP contribution in [0.25, 0.3) is 0 Å². The Morgan fingerprint density at radius 2 is 2.14 bits per heavy atom. The van der Waals surface area contributed by atoms with Crippen LogP contribution in [0.3, 0.4) is 0 Å². The van der Waals surface area contributed by atoms with Crippen molar-refractivity contribution in [1.82, 2.24) is 0 Å². The van der Waals surface area contributed by atoms with E-state index in [0.717, 1.165) is 6.07 Å². The smallest absolute Gasteiger partial charge is 0.342 e. The van der Waals surface area contributed by atoms with E-state index in [4.69, 9.17) is 36.5 Å². The first-order valence-corrected chi connectivity index (χ1v) is 8.62. The van der Waals surface area contributed by atoms with Crippen molar-refractivity contribution in [2.45, 2.75) is 17.4 Å². The second kappa shape index (κ2) is 6.39. The molecule has 116 valence electrons. The minimum Gasteiger partial charge on any atom is -0.494 e. The van der Waals surface area contributed by atoms with Crippen molar-refractivity contribution in [3.63, 3.8) is 0 Å². The summed E-state index contributed by atoms with van der Waals surface area (Å²) >= 11 is 5.83. The van der Waals surface area contributed by atoms with Gasteiger partial charge in [-0.2, -0.15) is 0 Å². The minimum atomic E-state index is -4.12. The van der Waals surface area contributed by atoms with Gasteiger partial charge in [-0.1, -0.05) is 11.6 Å². The molecule has 21 heavy (non-hydrogen) atoms. The Balaban J connectivity index is 2.42. The van der Waals surface area contributed by atoms with E-state index >= 15 is 0 Å². The van der Waals surface area contributed by atoms with Crippen molar-refractivity contribution in [2.24, 2.45) is 0 Å². The molecule has 0 spiro atoms. The molecule has 1 fully saturated rings. The molecule has 1 aromatic rings. The Morgan fingerprint density at radius 3 is 2.67 bits per heavy atom. The van der Waals surface area contributed by atoms with E-state index in [-0.39, 0.29) is 27.3 Å². The number of methoxy groups -OCH3 is 1. The largest absolute Gasteiger partial charge is 0.494 e. The fraction of sp³-hybridized carbons (Fsp3) is 0.417. The summed E-state index contributed by atoms with van der Waals surface area (Å²) in [7, 11) is 2.43. The van der Waals surface area contributed by atoms with Crippen LogP contribution in [-0.4, -0.2) is 40.8 Å². The van der Waals surface area contributed by atoms with E-state index < -0.39 is 15.0 Å². The second-order valence-electron chi connectivity index (χ2n) is 4.31. The second-order valence-corrected chi connectivity index (χ2v) is 7.28. The molecule has 1 aromatic carbocycles. The van der Waals surface area contributed by atoms with Crippen molar-refractivity contribution in [3.8, 4) is 5.75 Å². The monoisotopic (exact) mass is 354 g/mol. The third-order valence-electron chi connectivity index (χ3n) is 2.87. The summed E-state index contributed by atoms with van der Waals surface area (Å²) in [5, 5.41) is 0.0321. The van der Waals surface area contributed by atoms with Gasteiger partial charge in [-0.15, -0.1) is 0 Å². The highest BCUT2D eigenvalue weighted by molar-refractivity contribution is 8.13. The third-order valence-corrected chi connectivity index (χ3v) is 4.41. The number of hydrogen-bond donors (Lipinski definition) is 0. The molecule has 0 aromatic heterocycles. The lowest BCUT2D eigenvalue weighted by Crippen LogP contribution is -2.19. The van der Waals surface area contributed by atoms with Crippen LogP contribution >= 0.6 is 22.3 Å². The summed E-state index contributed by atoms with van der Waals surface area (Å²) in [5.74, 6) is -0.940.